The van der Waals surface area contributed by atoms with Gasteiger partial charge in [0.15, 0.2) is 5.78 Å². The number of quaternary nitrogens is 1. The molecule has 4 nitrogen and oxygen atoms in total. The number of hydrogen-bond acceptors (Lipinski definition) is 3. The highest BCUT2D eigenvalue weighted by Gasteiger charge is 2.25. The van der Waals surface area contributed by atoms with Crippen LogP contribution in [-0.2, 0) is 0 Å². The van der Waals surface area contributed by atoms with Gasteiger partial charge in [-0.25, -0.2) is 0 Å². The number of nitrogens with zero attached hydrogens (tertiary/aromatic N) is 2. The molecule has 4 heteroatoms. The van der Waals surface area contributed by atoms with E-state index in [9.17, 15) is 10.0 Å². The van der Waals surface area contributed by atoms with E-state index in [0.29, 0.717) is 24.3 Å². The molecular formula is C15H20N2O2. The molecule has 0 spiro atoms. The van der Waals surface area contributed by atoms with Crippen LogP contribution in [0.5, 0.6) is 0 Å². The normalized spacial score (nSPS) is 17.8. The zero-order valence-corrected chi connectivity index (χ0v) is 11.5. The second-order valence-electron chi connectivity index (χ2n) is 5.24. The maximum absolute atomic E-state index is 12.5. The predicted molar refractivity (Wildman–Crippen MR) is 77.7 cm³/mol. The van der Waals surface area contributed by atoms with E-state index in [1.807, 2.05) is 25.1 Å². The molecule has 0 amide bonds. The molecule has 1 aliphatic heterocycles. The molecule has 0 radical (unpaired) electrons. The highest BCUT2D eigenvalue weighted by molar-refractivity contribution is 6.04. The molecule has 1 fully saturated rings. The Balaban J connectivity index is 2.22. The molecule has 0 aliphatic carbocycles. The average molecular weight is 260 g/mol. The number of ketones is 1. The van der Waals surface area contributed by atoms with Crippen molar-refractivity contribution in [2.24, 2.45) is 0 Å². The van der Waals surface area contributed by atoms with Crippen LogP contribution in [0.1, 0.15) is 23.2 Å². The summed E-state index contributed by atoms with van der Waals surface area (Å²) in [5.74, 6) is -0.0682. The van der Waals surface area contributed by atoms with E-state index in [0.717, 1.165) is 12.8 Å². The maximum atomic E-state index is 12.5. The molecule has 2 rings (SSSR count). The second-order valence-corrected chi connectivity index (χ2v) is 5.24. The summed E-state index contributed by atoms with van der Waals surface area (Å²) in [5.41, 5.74) is 1.28. The third-order valence-electron chi connectivity index (χ3n) is 3.41. The zero-order chi connectivity index (χ0) is 13.9. The summed E-state index contributed by atoms with van der Waals surface area (Å²) in [6.45, 7) is 1.23. The first-order valence-corrected chi connectivity index (χ1v) is 6.59. The predicted octanol–water partition coefficient (Wildman–Crippen LogP) is 2.54. The Morgan fingerprint density at radius 2 is 2.00 bits per heavy atom. The summed E-state index contributed by atoms with van der Waals surface area (Å²) in [6.07, 6.45) is 5.16. The first kappa shape index (κ1) is 13.8. The second kappa shape index (κ2) is 5.55. The van der Waals surface area contributed by atoms with Crippen molar-refractivity contribution in [1.82, 2.24) is 9.55 Å². The van der Waals surface area contributed by atoms with E-state index < -0.39 is 0 Å². The number of benzene rings is 1. The molecule has 1 heterocycles. The molecular weight excluding hydrogens is 240 g/mol. The maximum Gasteiger partial charge on any atom is 0.187 e. The van der Waals surface area contributed by atoms with E-state index in [2.05, 4.69) is 0 Å². The highest BCUT2D eigenvalue weighted by atomic mass is 16.5. The molecule has 0 unspecified atom stereocenters. The smallest absolute Gasteiger partial charge is 0.187 e. The van der Waals surface area contributed by atoms with Crippen molar-refractivity contribution in [2.45, 2.75) is 12.8 Å². The van der Waals surface area contributed by atoms with Crippen molar-refractivity contribution in [3.63, 3.8) is 0 Å². The van der Waals surface area contributed by atoms with E-state index in [1.165, 1.54) is 6.08 Å². The molecule has 102 valence electrons. The first-order chi connectivity index (χ1) is 9.01. The standard InChI is InChI=1S/C15H20N2O2/c1-16(2)9-8-15(18)13-6-5-7-14(12-13)17(19)10-3-4-11-17/h5-9,12H,3-4,10-11H2,1-2H3. The minimum Gasteiger partial charge on any atom is -0.627 e. The van der Waals surface area contributed by atoms with Crippen molar-refractivity contribution in [3.05, 3.63) is 47.3 Å². The quantitative estimate of drug-likeness (QED) is 0.361. The van der Waals surface area contributed by atoms with Gasteiger partial charge in [0.05, 0.1) is 13.1 Å². The average Bonchev–Trinajstić information content (AvgIpc) is 2.84. The minimum absolute atomic E-state index is 0.0682. The van der Waals surface area contributed by atoms with E-state index in [1.54, 1.807) is 24.4 Å². The minimum atomic E-state index is -0.293. The molecule has 0 aromatic heterocycles. The van der Waals surface area contributed by atoms with Crippen molar-refractivity contribution >= 4 is 11.5 Å². The van der Waals surface area contributed by atoms with Gasteiger partial charge in [0, 0.05) is 50.8 Å². The summed E-state index contributed by atoms with van der Waals surface area (Å²) in [6, 6.07) is 7.11. The summed E-state index contributed by atoms with van der Waals surface area (Å²) in [7, 11) is 3.73. The summed E-state index contributed by atoms with van der Waals surface area (Å²) < 4.78 is -0.293. The van der Waals surface area contributed by atoms with Gasteiger partial charge in [-0.2, -0.15) is 0 Å². The fourth-order valence-electron chi connectivity index (χ4n) is 2.33. The van der Waals surface area contributed by atoms with Gasteiger partial charge >= 0.3 is 0 Å². The molecule has 0 saturated carbocycles. The Kier molecular flexibility index (Phi) is 4.02. The van der Waals surface area contributed by atoms with Crippen LogP contribution in [0, 0.1) is 5.21 Å². The Hall–Kier alpha value is -1.65. The zero-order valence-electron chi connectivity index (χ0n) is 11.5. The van der Waals surface area contributed by atoms with Gasteiger partial charge in [-0.3, -0.25) is 4.79 Å². The van der Waals surface area contributed by atoms with Crippen LogP contribution >= 0.6 is 0 Å². The first-order valence-electron chi connectivity index (χ1n) is 6.59. The SMILES string of the molecule is CN(C)C=CC(=O)c1cccc([N+]2([O-])CCCC2)c1. The van der Waals surface area contributed by atoms with Crippen molar-refractivity contribution in [1.29, 1.82) is 0 Å². The molecule has 0 atom stereocenters. The van der Waals surface area contributed by atoms with E-state index in [4.69, 9.17) is 0 Å². The number of hydrogen-bond donors (Lipinski definition) is 0. The van der Waals surface area contributed by atoms with Crippen LogP contribution in [0.4, 0.5) is 5.69 Å². The van der Waals surface area contributed by atoms with Gasteiger partial charge in [0.25, 0.3) is 0 Å². The Labute approximate surface area is 114 Å². The molecule has 0 N–H and O–H groups in total. The number of allylic oxidation sites excluding steroid dienone is 1. The summed E-state index contributed by atoms with van der Waals surface area (Å²) in [4.78, 5) is 13.8. The fourth-order valence-corrected chi connectivity index (χ4v) is 2.33. The van der Waals surface area contributed by atoms with Crippen LogP contribution in [-0.4, -0.2) is 37.9 Å². The number of carbonyl (C=O) groups is 1. The van der Waals surface area contributed by atoms with Crippen LogP contribution in [0.15, 0.2) is 36.5 Å². The van der Waals surface area contributed by atoms with Crippen molar-refractivity contribution < 1.29 is 4.79 Å². The molecule has 1 aromatic rings. The number of hydroxylamine groups is 2. The van der Waals surface area contributed by atoms with Crippen molar-refractivity contribution in [3.8, 4) is 0 Å². The van der Waals surface area contributed by atoms with Crippen LogP contribution in [0.3, 0.4) is 0 Å². The van der Waals surface area contributed by atoms with E-state index in [-0.39, 0.29) is 10.4 Å². The molecule has 0 bridgehead atoms. The van der Waals surface area contributed by atoms with Crippen LogP contribution < -0.4 is 4.65 Å². The van der Waals surface area contributed by atoms with Crippen molar-refractivity contribution in [2.75, 3.05) is 27.2 Å². The third kappa shape index (κ3) is 3.22. The largest absolute Gasteiger partial charge is 0.627 e. The Bertz CT molecular complexity index is 489. The Morgan fingerprint density at radius 1 is 1.32 bits per heavy atom. The van der Waals surface area contributed by atoms with Gasteiger partial charge in [0.2, 0.25) is 0 Å². The van der Waals surface area contributed by atoms with Gasteiger partial charge in [-0.1, -0.05) is 12.1 Å². The highest BCUT2D eigenvalue weighted by Crippen LogP contribution is 2.28. The third-order valence-corrected chi connectivity index (χ3v) is 3.41. The van der Waals surface area contributed by atoms with E-state index >= 15 is 0 Å². The lowest BCUT2D eigenvalue weighted by Crippen LogP contribution is -2.39. The molecule has 1 aromatic carbocycles. The monoisotopic (exact) mass is 260 g/mol. The molecule has 1 saturated heterocycles. The lowest BCUT2D eigenvalue weighted by Gasteiger charge is -2.37. The summed E-state index contributed by atoms with van der Waals surface area (Å²) >= 11 is 0. The lowest BCUT2D eigenvalue weighted by molar-refractivity contribution is 0.104. The summed E-state index contributed by atoms with van der Waals surface area (Å²) in [5, 5.41) is 12.5. The number of rotatable bonds is 4. The van der Waals surface area contributed by atoms with Gasteiger partial charge in [-0.15, -0.1) is 0 Å². The molecule has 1 aliphatic rings. The number of carbonyl (C=O) groups excluding carboxylic acids is 1. The topological polar surface area (TPSA) is 43.4 Å². The van der Waals surface area contributed by atoms with Gasteiger partial charge in [-0.05, 0) is 6.07 Å². The Morgan fingerprint density at radius 3 is 2.63 bits per heavy atom. The van der Waals surface area contributed by atoms with Gasteiger partial charge < -0.3 is 14.8 Å². The van der Waals surface area contributed by atoms with Gasteiger partial charge in [0.1, 0.15) is 5.69 Å². The molecule has 19 heavy (non-hydrogen) atoms. The fraction of sp³-hybridized carbons (Fsp3) is 0.400. The lowest BCUT2D eigenvalue weighted by atomic mass is 10.1. The van der Waals surface area contributed by atoms with Crippen LogP contribution in [0.2, 0.25) is 0 Å². The van der Waals surface area contributed by atoms with Crippen LogP contribution in [0.25, 0.3) is 0 Å².